The van der Waals surface area contributed by atoms with E-state index in [2.05, 4.69) is 9.72 Å². The molecule has 0 atom stereocenters. The summed E-state index contributed by atoms with van der Waals surface area (Å²) in [4.78, 5) is 3.38. The number of anilines is 1. The smallest absolute Gasteiger partial charge is 0.406 e. The number of halogens is 6. The van der Waals surface area contributed by atoms with E-state index in [0.717, 1.165) is 36.5 Å². The van der Waals surface area contributed by atoms with Gasteiger partial charge in [-0.25, -0.2) is 4.98 Å². The molecule has 0 saturated carbocycles. The first kappa shape index (κ1) is 15.9. The van der Waals surface area contributed by atoms with Crippen molar-refractivity contribution >= 4 is 5.82 Å². The van der Waals surface area contributed by atoms with Crippen molar-refractivity contribution in [2.75, 3.05) is 5.73 Å². The highest BCUT2D eigenvalue weighted by molar-refractivity contribution is 5.72. The number of hydrogen-bond donors (Lipinski definition) is 1. The zero-order chi connectivity index (χ0) is 16.5. The largest absolute Gasteiger partial charge is 0.573 e. The fourth-order valence-electron chi connectivity index (χ4n) is 1.85. The lowest BCUT2D eigenvalue weighted by Crippen LogP contribution is -2.17. The average Bonchev–Trinajstić information content (AvgIpc) is 2.36. The van der Waals surface area contributed by atoms with E-state index in [-0.39, 0.29) is 11.1 Å². The van der Waals surface area contributed by atoms with Crippen LogP contribution in [0, 0.1) is 0 Å². The summed E-state index contributed by atoms with van der Waals surface area (Å²) >= 11 is 0. The minimum atomic E-state index is -4.88. The Morgan fingerprint density at radius 1 is 0.909 bits per heavy atom. The van der Waals surface area contributed by atoms with Crippen molar-refractivity contribution in [1.82, 2.24) is 4.98 Å². The van der Waals surface area contributed by atoms with Crippen molar-refractivity contribution in [3.8, 4) is 16.9 Å². The quantitative estimate of drug-likeness (QED) is 0.841. The zero-order valence-electron chi connectivity index (χ0n) is 10.7. The summed E-state index contributed by atoms with van der Waals surface area (Å²) < 4.78 is 78.8. The van der Waals surface area contributed by atoms with Gasteiger partial charge in [0.25, 0.3) is 0 Å². The number of aromatic nitrogens is 1. The van der Waals surface area contributed by atoms with Crippen LogP contribution in [-0.2, 0) is 6.18 Å². The monoisotopic (exact) mass is 322 g/mol. The predicted molar refractivity (Wildman–Crippen MR) is 65.8 cm³/mol. The average molecular weight is 322 g/mol. The first-order valence-corrected chi connectivity index (χ1v) is 5.76. The molecule has 0 aliphatic carbocycles. The van der Waals surface area contributed by atoms with Crippen LogP contribution in [0.3, 0.4) is 0 Å². The SMILES string of the molecule is Nc1nccc(-c2ccc(OC(F)(F)F)cc2)c1C(F)(F)F. The lowest BCUT2D eigenvalue weighted by molar-refractivity contribution is -0.274. The third-order valence-corrected chi connectivity index (χ3v) is 2.66. The van der Waals surface area contributed by atoms with Crippen LogP contribution < -0.4 is 10.5 Å². The number of ether oxygens (including phenoxy) is 1. The van der Waals surface area contributed by atoms with E-state index in [1.54, 1.807) is 0 Å². The lowest BCUT2D eigenvalue weighted by Gasteiger charge is -2.15. The van der Waals surface area contributed by atoms with Crippen molar-refractivity contribution in [3.63, 3.8) is 0 Å². The molecule has 2 aromatic rings. The van der Waals surface area contributed by atoms with Gasteiger partial charge < -0.3 is 10.5 Å². The number of nitrogens with two attached hydrogens (primary N) is 1. The van der Waals surface area contributed by atoms with Gasteiger partial charge in [0.05, 0.1) is 0 Å². The maximum atomic E-state index is 13.0. The van der Waals surface area contributed by atoms with Crippen LogP contribution in [0.1, 0.15) is 5.56 Å². The summed E-state index contributed by atoms with van der Waals surface area (Å²) in [6, 6.07) is 5.06. The number of alkyl halides is 6. The first-order chi connectivity index (χ1) is 10.1. The standard InChI is InChI=1S/C13H8F6N2O/c14-12(15,16)10-9(5-6-21-11(10)20)7-1-3-8(4-2-7)22-13(17,18)19/h1-6H,(H2,20,21). The molecule has 1 heterocycles. The van der Waals surface area contributed by atoms with E-state index in [1.807, 2.05) is 0 Å². The molecular formula is C13H8F6N2O. The second-order valence-corrected chi connectivity index (χ2v) is 4.19. The second-order valence-electron chi connectivity index (χ2n) is 4.19. The normalized spacial score (nSPS) is 12.3. The van der Waals surface area contributed by atoms with Crippen molar-refractivity contribution in [3.05, 3.63) is 42.1 Å². The van der Waals surface area contributed by atoms with Crippen LogP contribution in [-0.4, -0.2) is 11.3 Å². The van der Waals surface area contributed by atoms with Crippen LogP contribution >= 0.6 is 0 Å². The Morgan fingerprint density at radius 2 is 1.50 bits per heavy atom. The molecule has 9 heteroatoms. The Hall–Kier alpha value is -2.45. The second kappa shape index (κ2) is 5.39. The highest BCUT2D eigenvalue weighted by Gasteiger charge is 2.37. The van der Waals surface area contributed by atoms with Gasteiger partial charge >= 0.3 is 12.5 Å². The Bertz CT molecular complexity index is 664. The van der Waals surface area contributed by atoms with E-state index in [9.17, 15) is 26.3 Å². The summed E-state index contributed by atoms with van der Waals surface area (Å²) in [5.41, 5.74) is 3.87. The highest BCUT2D eigenvalue weighted by Crippen LogP contribution is 2.40. The number of nitrogen functional groups attached to an aromatic ring is 1. The van der Waals surface area contributed by atoms with Gasteiger partial charge in [-0.2, -0.15) is 13.2 Å². The van der Waals surface area contributed by atoms with E-state index in [1.165, 1.54) is 0 Å². The molecule has 2 rings (SSSR count). The lowest BCUT2D eigenvalue weighted by atomic mass is 10.0. The van der Waals surface area contributed by atoms with E-state index >= 15 is 0 Å². The summed E-state index contributed by atoms with van der Waals surface area (Å²) in [5.74, 6) is -1.24. The Kier molecular flexibility index (Phi) is 3.90. The molecule has 0 radical (unpaired) electrons. The fourth-order valence-corrected chi connectivity index (χ4v) is 1.85. The molecule has 22 heavy (non-hydrogen) atoms. The van der Waals surface area contributed by atoms with Crippen molar-refractivity contribution < 1.29 is 31.1 Å². The molecule has 118 valence electrons. The third kappa shape index (κ3) is 3.60. The van der Waals surface area contributed by atoms with E-state index in [0.29, 0.717) is 0 Å². The van der Waals surface area contributed by atoms with Gasteiger partial charge in [-0.15, -0.1) is 13.2 Å². The first-order valence-electron chi connectivity index (χ1n) is 5.76. The molecular weight excluding hydrogens is 314 g/mol. The molecule has 0 unspecified atom stereocenters. The number of nitrogens with zero attached hydrogens (tertiary/aromatic N) is 1. The zero-order valence-corrected chi connectivity index (χ0v) is 10.7. The van der Waals surface area contributed by atoms with Crippen molar-refractivity contribution in [1.29, 1.82) is 0 Å². The van der Waals surface area contributed by atoms with Crippen LogP contribution in [0.5, 0.6) is 5.75 Å². The van der Waals surface area contributed by atoms with E-state index < -0.39 is 29.7 Å². The Balaban J connectivity index is 2.43. The van der Waals surface area contributed by atoms with Crippen molar-refractivity contribution in [2.45, 2.75) is 12.5 Å². The van der Waals surface area contributed by atoms with Gasteiger partial charge in [-0.05, 0) is 29.3 Å². The van der Waals surface area contributed by atoms with Crippen LogP contribution in [0.2, 0.25) is 0 Å². The summed E-state index contributed by atoms with van der Waals surface area (Å²) in [6.45, 7) is 0. The fraction of sp³-hybridized carbons (Fsp3) is 0.154. The van der Waals surface area contributed by atoms with Crippen LogP contribution in [0.15, 0.2) is 36.5 Å². The van der Waals surface area contributed by atoms with Gasteiger partial charge in [0.15, 0.2) is 0 Å². The highest BCUT2D eigenvalue weighted by atomic mass is 19.4. The summed E-state index contributed by atoms with van der Waals surface area (Å²) in [6.07, 6.45) is -8.53. The van der Waals surface area contributed by atoms with Gasteiger partial charge in [-0.3, -0.25) is 0 Å². The minimum absolute atomic E-state index is 0.0379. The molecule has 1 aromatic heterocycles. The number of benzene rings is 1. The Morgan fingerprint density at radius 3 is 2.00 bits per heavy atom. The van der Waals surface area contributed by atoms with Crippen molar-refractivity contribution in [2.24, 2.45) is 0 Å². The molecule has 0 bridgehead atoms. The number of rotatable bonds is 2. The molecule has 1 aromatic carbocycles. The molecule has 0 spiro atoms. The van der Waals surface area contributed by atoms with Gasteiger partial charge in [0.2, 0.25) is 0 Å². The van der Waals surface area contributed by atoms with Gasteiger partial charge in [-0.1, -0.05) is 12.1 Å². The summed E-state index contributed by atoms with van der Waals surface area (Å²) in [5, 5.41) is 0. The topological polar surface area (TPSA) is 48.1 Å². The minimum Gasteiger partial charge on any atom is -0.406 e. The molecule has 0 fully saturated rings. The van der Waals surface area contributed by atoms with Gasteiger partial charge in [0.1, 0.15) is 17.1 Å². The number of hydrogen-bond acceptors (Lipinski definition) is 3. The molecule has 3 nitrogen and oxygen atoms in total. The molecule has 0 aliphatic rings. The molecule has 0 amide bonds. The van der Waals surface area contributed by atoms with E-state index in [4.69, 9.17) is 5.73 Å². The molecule has 2 N–H and O–H groups in total. The van der Waals surface area contributed by atoms with Crippen LogP contribution in [0.25, 0.3) is 11.1 Å². The third-order valence-electron chi connectivity index (χ3n) is 2.66. The molecule has 0 aliphatic heterocycles. The van der Waals surface area contributed by atoms with Gasteiger partial charge in [0, 0.05) is 6.20 Å². The Labute approximate surface area is 120 Å². The maximum Gasteiger partial charge on any atom is 0.573 e. The maximum absolute atomic E-state index is 13.0. The number of pyridine rings is 1. The summed E-state index contributed by atoms with van der Waals surface area (Å²) in [7, 11) is 0. The molecule has 0 saturated heterocycles. The predicted octanol–water partition coefficient (Wildman–Crippen LogP) is 4.25. The van der Waals surface area contributed by atoms with Crippen LogP contribution in [0.4, 0.5) is 32.2 Å².